The molecule has 1 rings (SSSR count). The summed E-state index contributed by atoms with van der Waals surface area (Å²) in [5, 5.41) is 0. The number of allylic oxidation sites excluding steroid dienone is 3. The minimum atomic E-state index is -0.168. The van der Waals surface area contributed by atoms with Crippen LogP contribution in [0.5, 0.6) is 0 Å². The van der Waals surface area contributed by atoms with Crippen LogP contribution in [-0.4, -0.2) is 11.9 Å². The second-order valence-electron chi connectivity index (χ2n) is 6.30. The van der Waals surface area contributed by atoms with Gasteiger partial charge in [0.1, 0.15) is 0 Å². The van der Waals surface area contributed by atoms with Crippen LogP contribution in [0.1, 0.15) is 65.2 Å². The third-order valence-electron chi connectivity index (χ3n) is 4.26. The fraction of sp³-hybridized carbons (Fsp3) is 0.632. The molecule has 0 amide bonds. The number of hydrogen-bond acceptors (Lipinski definition) is 2. The second kappa shape index (κ2) is 8.86. The van der Waals surface area contributed by atoms with E-state index in [4.69, 9.17) is 4.74 Å². The first-order chi connectivity index (χ1) is 10.1. The van der Waals surface area contributed by atoms with Crippen molar-refractivity contribution in [2.45, 2.75) is 71.3 Å². The molecule has 1 aliphatic rings. The third kappa shape index (κ3) is 5.18. The van der Waals surface area contributed by atoms with Gasteiger partial charge in [0.25, 0.3) is 0 Å². The molecule has 0 spiro atoms. The smallest absolute Gasteiger partial charge is 0.168 e. The average Bonchev–Trinajstić information content (AvgIpc) is 2.75. The minimum absolute atomic E-state index is 0.127. The second-order valence-corrected chi connectivity index (χ2v) is 6.30. The van der Waals surface area contributed by atoms with Crippen molar-refractivity contribution in [3.05, 3.63) is 37.1 Å². The van der Waals surface area contributed by atoms with Crippen LogP contribution in [0.2, 0.25) is 0 Å². The first-order valence-electron chi connectivity index (χ1n) is 8.17. The van der Waals surface area contributed by atoms with E-state index in [-0.39, 0.29) is 11.5 Å². The zero-order chi connectivity index (χ0) is 15.7. The molecule has 21 heavy (non-hydrogen) atoms. The van der Waals surface area contributed by atoms with Crippen LogP contribution in [0.4, 0.5) is 0 Å². The van der Waals surface area contributed by atoms with E-state index in [1.807, 2.05) is 26.0 Å². The summed E-state index contributed by atoms with van der Waals surface area (Å²) in [5.74, 6) is 0.316. The number of Topliss-reactive ketones (excluding diaryl/α,β-unsaturated/α-hetero) is 1. The van der Waals surface area contributed by atoms with Gasteiger partial charge in [-0.05, 0) is 65.2 Å². The molecule has 0 atom stereocenters. The molecule has 0 saturated heterocycles. The summed E-state index contributed by atoms with van der Waals surface area (Å²) < 4.78 is 5.53. The molecule has 0 radical (unpaired) electrons. The molecular weight excluding hydrogens is 260 g/mol. The van der Waals surface area contributed by atoms with Crippen molar-refractivity contribution in [2.24, 2.45) is 5.41 Å². The Balaban J connectivity index is 2.76. The van der Waals surface area contributed by atoms with Crippen molar-refractivity contribution >= 4 is 5.78 Å². The van der Waals surface area contributed by atoms with E-state index in [1.165, 1.54) is 0 Å². The van der Waals surface area contributed by atoms with Gasteiger partial charge in [0.05, 0.1) is 12.4 Å². The Bertz CT molecular complexity index is 376. The largest absolute Gasteiger partial charge is 0.498 e. The van der Waals surface area contributed by atoms with Crippen molar-refractivity contribution in [3.8, 4) is 0 Å². The highest BCUT2D eigenvalue weighted by atomic mass is 16.5. The van der Waals surface area contributed by atoms with Gasteiger partial charge < -0.3 is 4.74 Å². The summed E-state index contributed by atoms with van der Waals surface area (Å²) >= 11 is 0. The molecule has 0 aromatic heterocycles. The van der Waals surface area contributed by atoms with E-state index >= 15 is 0 Å². The summed E-state index contributed by atoms with van der Waals surface area (Å²) in [6.07, 6.45) is 13.5. The standard InChI is InChI=1S/C19H30O2/c1-5-7-9-12-19(13-10-8-6-2)14-11-17(18(19)20)15-21-16(3)4/h5-6,15-16H,1-2,7-14H2,3-4H3/b17-15+. The molecule has 1 saturated carbocycles. The Morgan fingerprint density at radius 3 is 2.24 bits per heavy atom. The molecule has 0 heterocycles. The van der Waals surface area contributed by atoms with Crippen molar-refractivity contribution in [3.63, 3.8) is 0 Å². The van der Waals surface area contributed by atoms with E-state index in [9.17, 15) is 4.79 Å². The molecule has 2 nitrogen and oxygen atoms in total. The predicted octanol–water partition coefficient (Wildman–Crippen LogP) is 5.36. The van der Waals surface area contributed by atoms with Gasteiger partial charge in [0.15, 0.2) is 5.78 Å². The zero-order valence-corrected chi connectivity index (χ0v) is 13.7. The normalized spacial score (nSPS) is 19.2. The maximum atomic E-state index is 12.8. The van der Waals surface area contributed by atoms with Crippen molar-refractivity contribution in [1.82, 2.24) is 0 Å². The average molecular weight is 290 g/mol. The monoisotopic (exact) mass is 290 g/mol. The van der Waals surface area contributed by atoms with Gasteiger partial charge in [-0.3, -0.25) is 4.79 Å². The molecule has 1 fully saturated rings. The molecule has 0 bridgehead atoms. The van der Waals surface area contributed by atoms with Crippen molar-refractivity contribution in [1.29, 1.82) is 0 Å². The molecule has 0 aliphatic heterocycles. The number of carbonyl (C=O) groups is 1. The number of ketones is 1. The molecule has 1 aliphatic carbocycles. The summed E-state index contributed by atoms with van der Waals surface area (Å²) in [4.78, 5) is 12.8. The summed E-state index contributed by atoms with van der Waals surface area (Å²) in [6.45, 7) is 11.5. The first-order valence-corrected chi connectivity index (χ1v) is 8.17. The third-order valence-corrected chi connectivity index (χ3v) is 4.26. The highest BCUT2D eigenvalue weighted by molar-refractivity contribution is 6.01. The van der Waals surface area contributed by atoms with Crippen LogP contribution in [0.25, 0.3) is 0 Å². The number of ether oxygens (including phenoxy) is 1. The van der Waals surface area contributed by atoms with Gasteiger partial charge in [-0.15, -0.1) is 13.2 Å². The summed E-state index contributed by atoms with van der Waals surface area (Å²) in [7, 11) is 0. The van der Waals surface area contributed by atoms with Crippen LogP contribution >= 0.6 is 0 Å². The highest BCUT2D eigenvalue weighted by Crippen LogP contribution is 2.46. The lowest BCUT2D eigenvalue weighted by Gasteiger charge is -2.27. The fourth-order valence-electron chi connectivity index (χ4n) is 3.04. The number of rotatable bonds is 10. The first kappa shape index (κ1) is 17.7. The summed E-state index contributed by atoms with van der Waals surface area (Å²) in [5.41, 5.74) is 0.707. The van der Waals surface area contributed by atoms with Gasteiger partial charge in [-0.1, -0.05) is 12.2 Å². The van der Waals surface area contributed by atoms with E-state index in [0.29, 0.717) is 5.78 Å². The molecule has 0 aromatic carbocycles. The van der Waals surface area contributed by atoms with Gasteiger partial charge in [-0.25, -0.2) is 0 Å². The van der Waals surface area contributed by atoms with E-state index in [2.05, 4.69) is 13.2 Å². The molecule has 118 valence electrons. The van der Waals surface area contributed by atoms with Gasteiger partial charge in [-0.2, -0.15) is 0 Å². The summed E-state index contributed by atoms with van der Waals surface area (Å²) in [6, 6.07) is 0. The topological polar surface area (TPSA) is 26.3 Å². The molecule has 0 aromatic rings. The zero-order valence-electron chi connectivity index (χ0n) is 13.7. The van der Waals surface area contributed by atoms with Crippen molar-refractivity contribution < 1.29 is 9.53 Å². The highest BCUT2D eigenvalue weighted by Gasteiger charge is 2.43. The van der Waals surface area contributed by atoms with Crippen LogP contribution in [0.15, 0.2) is 37.1 Å². The Morgan fingerprint density at radius 2 is 1.76 bits per heavy atom. The lowest BCUT2D eigenvalue weighted by atomic mass is 9.76. The Hall–Kier alpha value is -1.31. The molecule has 0 unspecified atom stereocenters. The van der Waals surface area contributed by atoms with Gasteiger partial charge >= 0.3 is 0 Å². The Labute approximate surface area is 130 Å². The molecule has 0 N–H and O–H groups in total. The maximum absolute atomic E-state index is 12.8. The molecule has 2 heteroatoms. The number of carbonyl (C=O) groups excluding carboxylic acids is 1. The van der Waals surface area contributed by atoms with Crippen molar-refractivity contribution in [2.75, 3.05) is 0 Å². The Kier molecular flexibility index (Phi) is 7.49. The fourth-order valence-corrected chi connectivity index (χ4v) is 3.04. The van der Waals surface area contributed by atoms with E-state index in [1.54, 1.807) is 6.26 Å². The SMILES string of the molecule is C=CCCCC1(CCCC=C)CC/C(=C\OC(C)C)C1=O. The van der Waals surface area contributed by atoms with E-state index < -0.39 is 0 Å². The number of unbranched alkanes of at least 4 members (excludes halogenated alkanes) is 2. The lowest BCUT2D eigenvalue weighted by Crippen LogP contribution is -2.26. The lowest BCUT2D eigenvalue weighted by molar-refractivity contribution is -0.124. The van der Waals surface area contributed by atoms with Crippen LogP contribution in [0, 0.1) is 5.41 Å². The van der Waals surface area contributed by atoms with Crippen LogP contribution < -0.4 is 0 Å². The Morgan fingerprint density at radius 1 is 1.19 bits per heavy atom. The van der Waals surface area contributed by atoms with E-state index in [0.717, 1.165) is 56.9 Å². The quantitative estimate of drug-likeness (QED) is 0.234. The maximum Gasteiger partial charge on any atom is 0.168 e. The molecular formula is C19H30O2. The van der Waals surface area contributed by atoms with Gasteiger partial charge in [0, 0.05) is 11.0 Å². The predicted molar refractivity (Wildman–Crippen MR) is 89.1 cm³/mol. The van der Waals surface area contributed by atoms with Crippen LogP contribution in [0.3, 0.4) is 0 Å². The number of hydrogen-bond donors (Lipinski definition) is 0. The van der Waals surface area contributed by atoms with Gasteiger partial charge in [0.2, 0.25) is 0 Å². The minimum Gasteiger partial charge on any atom is -0.498 e. The van der Waals surface area contributed by atoms with Crippen LogP contribution in [-0.2, 0) is 9.53 Å².